The van der Waals surface area contributed by atoms with E-state index in [1.807, 2.05) is 0 Å². The molecule has 0 aliphatic heterocycles. The fourth-order valence-corrected chi connectivity index (χ4v) is 4.88. The van der Waals surface area contributed by atoms with Crippen molar-refractivity contribution in [1.29, 1.82) is 0 Å². The SMILES string of the molecule is CCCS(=O)(=O)C(C)C(=O)NCc1ccc(S(=O)(=O)N(C)C(C)C)cc1. The lowest BCUT2D eigenvalue weighted by Crippen LogP contribution is -2.38. The third-order valence-electron chi connectivity index (χ3n) is 4.19. The fraction of sp³-hybridized carbons (Fsp3) is 0.588. The summed E-state index contributed by atoms with van der Waals surface area (Å²) in [7, 11) is -5.49. The number of rotatable bonds is 9. The van der Waals surface area contributed by atoms with E-state index in [1.54, 1.807) is 32.9 Å². The number of benzene rings is 1. The second-order valence-corrected chi connectivity index (χ2v) is 10.9. The minimum Gasteiger partial charge on any atom is -0.351 e. The van der Waals surface area contributed by atoms with Gasteiger partial charge >= 0.3 is 0 Å². The monoisotopic (exact) mass is 404 g/mol. The number of sulfonamides is 1. The van der Waals surface area contributed by atoms with Gasteiger partial charge in [-0.3, -0.25) is 4.79 Å². The maximum absolute atomic E-state index is 12.4. The Morgan fingerprint density at radius 1 is 1.08 bits per heavy atom. The zero-order valence-corrected chi connectivity index (χ0v) is 17.5. The number of nitrogens with one attached hydrogen (secondary N) is 1. The van der Waals surface area contributed by atoms with Gasteiger partial charge in [0.2, 0.25) is 15.9 Å². The number of hydrogen-bond acceptors (Lipinski definition) is 5. The summed E-state index contributed by atoms with van der Waals surface area (Å²) in [5.41, 5.74) is 0.685. The molecule has 1 amide bonds. The van der Waals surface area contributed by atoms with Crippen LogP contribution in [-0.4, -0.2) is 51.1 Å². The maximum atomic E-state index is 12.4. The molecule has 0 fully saturated rings. The van der Waals surface area contributed by atoms with Gasteiger partial charge in [0.15, 0.2) is 9.84 Å². The van der Waals surface area contributed by atoms with E-state index in [0.717, 1.165) is 0 Å². The zero-order chi connectivity index (χ0) is 20.1. The van der Waals surface area contributed by atoms with Gasteiger partial charge in [0.25, 0.3) is 0 Å². The molecule has 0 aliphatic carbocycles. The van der Waals surface area contributed by atoms with E-state index in [1.165, 1.54) is 30.4 Å². The Morgan fingerprint density at radius 2 is 1.62 bits per heavy atom. The summed E-state index contributed by atoms with van der Waals surface area (Å²) in [5, 5.41) is 1.48. The fourth-order valence-electron chi connectivity index (χ4n) is 2.18. The standard InChI is InChI=1S/C17H28N2O5S2/c1-6-11-25(21,22)14(4)17(20)18-12-15-7-9-16(10-8-15)26(23,24)19(5)13(2)3/h7-10,13-14H,6,11-12H2,1-5H3,(H,18,20). The van der Waals surface area contributed by atoms with Crippen LogP contribution in [0.5, 0.6) is 0 Å². The predicted octanol–water partition coefficient (Wildman–Crippen LogP) is 1.54. The molecular formula is C17H28N2O5S2. The number of carbonyl (C=O) groups is 1. The average molecular weight is 405 g/mol. The first kappa shape index (κ1) is 22.6. The Morgan fingerprint density at radius 3 is 2.08 bits per heavy atom. The Kier molecular flexibility index (Phi) is 7.79. The summed E-state index contributed by atoms with van der Waals surface area (Å²) in [5.74, 6) is -0.591. The van der Waals surface area contributed by atoms with E-state index < -0.39 is 31.0 Å². The van der Waals surface area contributed by atoms with Crippen LogP contribution in [0, 0.1) is 0 Å². The van der Waals surface area contributed by atoms with Crippen molar-refractivity contribution in [3.8, 4) is 0 Å². The van der Waals surface area contributed by atoms with Crippen molar-refractivity contribution in [1.82, 2.24) is 9.62 Å². The molecule has 1 unspecified atom stereocenters. The van der Waals surface area contributed by atoms with Crippen molar-refractivity contribution in [2.45, 2.75) is 56.8 Å². The quantitative estimate of drug-likeness (QED) is 0.673. The molecule has 7 nitrogen and oxygen atoms in total. The summed E-state index contributed by atoms with van der Waals surface area (Å²) in [6, 6.07) is 6.00. The third-order valence-corrected chi connectivity index (χ3v) is 8.51. The molecule has 1 aromatic carbocycles. The molecular weight excluding hydrogens is 376 g/mol. The van der Waals surface area contributed by atoms with Crippen molar-refractivity contribution >= 4 is 25.8 Å². The second kappa shape index (κ2) is 8.96. The molecule has 0 radical (unpaired) electrons. The van der Waals surface area contributed by atoms with E-state index in [4.69, 9.17) is 0 Å². The van der Waals surface area contributed by atoms with Gasteiger partial charge in [-0.15, -0.1) is 0 Å². The third kappa shape index (κ3) is 5.52. The first-order valence-electron chi connectivity index (χ1n) is 8.49. The Hall–Kier alpha value is -1.45. The van der Waals surface area contributed by atoms with Crippen molar-refractivity contribution < 1.29 is 21.6 Å². The predicted molar refractivity (Wildman–Crippen MR) is 102 cm³/mol. The molecule has 0 saturated heterocycles. The highest BCUT2D eigenvalue weighted by molar-refractivity contribution is 7.92. The van der Waals surface area contributed by atoms with Gasteiger partial charge in [0.05, 0.1) is 10.6 Å². The van der Waals surface area contributed by atoms with Crippen LogP contribution in [-0.2, 0) is 31.2 Å². The molecule has 1 rings (SSSR count). The first-order valence-corrected chi connectivity index (χ1v) is 11.6. The van der Waals surface area contributed by atoms with Gasteiger partial charge in [0, 0.05) is 19.6 Å². The zero-order valence-electron chi connectivity index (χ0n) is 15.9. The van der Waals surface area contributed by atoms with Gasteiger partial charge in [-0.2, -0.15) is 4.31 Å². The molecule has 26 heavy (non-hydrogen) atoms. The van der Waals surface area contributed by atoms with E-state index in [0.29, 0.717) is 12.0 Å². The summed E-state index contributed by atoms with van der Waals surface area (Å²) < 4.78 is 49.9. The Bertz CT molecular complexity index is 815. The molecule has 148 valence electrons. The van der Waals surface area contributed by atoms with Crippen LogP contribution in [0.3, 0.4) is 0 Å². The molecule has 0 heterocycles. The molecule has 0 spiro atoms. The van der Waals surface area contributed by atoms with E-state index >= 15 is 0 Å². The highest BCUT2D eigenvalue weighted by Gasteiger charge is 2.27. The van der Waals surface area contributed by atoms with Crippen LogP contribution in [0.15, 0.2) is 29.2 Å². The largest absolute Gasteiger partial charge is 0.351 e. The molecule has 0 aromatic heterocycles. The molecule has 0 saturated carbocycles. The lowest BCUT2D eigenvalue weighted by atomic mass is 10.2. The topological polar surface area (TPSA) is 101 Å². The minimum atomic E-state index is -3.56. The Labute approximate surface area is 156 Å². The van der Waals surface area contributed by atoms with Crippen LogP contribution in [0.2, 0.25) is 0 Å². The van der Waals surface area contributed by atoms with Gasteiger partial charge in [0.1, 0.15) is 5.25 Å². The van der Waals surface area contributed by atoms with Gasteiger partial charge < -0.3 is 5.32 Å². The molecule has 1 aromatic rings. The van der Waals surface area contributed by atoms with Crippen LogP contribution < -0.4 is 5.32 Å². The number of hydrogen-bond donors (Lipinski definition) is 1. The van der Waals surface area contributed by atoms with Crippen LogP contribution in [0.25, 0.3) is 0 Å². The summed E-state index contributed by atoms with van der Waals surface area (Å²) >= 11 is 0. The number of nitrogens with zero attached hydrogens (tertiary/aromatic N) is 1. The van der Waals surface area contributed by atoms with E-state index in [-0.39, 0.29) is 23.2 Å². The highest BCUT2D eigenvalue weighted by Crippen LogP contribution is 2.17. The van der Waals surface area contributed by atoms with Crippen molar-refractivity contribution in [2.24, 2.45) is 0 Å². The number of sulfone groups is 1. The summed E-state index contributed by atoms with van der Waals surface area (Å²) in [6.45, 7) is 6.82. The average Bonchev–Trinajstić information content (AvgIpc) is 2.58. The van der Waals surface area contributed by atoms with Crippen molar-refractivity contribution in [2.75, 3.05) is 12.8 Å². The number of carbonyl (C=O) groups excluding carboxylic acids is 1. The van der Waals surface area contributed by atoms with Gasteiger partial charge in [-0.05, 0) is 44.9 Å². The summed E-state index contributed by atoms with van der Waals surface area (Å²) in [6.07, 6.45) is 0.459. The smallest absolute Gasteiger partial charge is 0.243 e. The van der Waals surface area contributed by atoms with E-state index in [9.17, 15) is 21.6 Å². The second-order valence-electron chi connectivity index (χ2n) is 6.49. The van der Waals surface area contributed by atoms with Crippen LogP contribution in [0.1, 0.15) is 39.7 Å². The van der Waals surface area contributed by atoms with Gasteiger partial charge in [-0.1, -0.05) is 19.1 Å². The molecule has 9 heteroatoms. The minimum absolute atomic E-state index is 0.0302. The molecule has 1 N–H and O–H groups in total. The molecule has 0 aliphatic rings. The van der Waals surface area contributed by atoms with Crippen molar-refractivity contribution in [3.63, 3.8) is 0 Å². The molecule has 0 bridgehead atoms. The Balaban J connectivity index is 2.79. The van der Waals surface area contributed by atoms with Gasteiger partial charge in [-0.25, -0.2) is 16.8 Å². The maximum Gasteiger partial charge on any atom is 0.243 e. The summed E-state index contributed by atoms with van der Waals surface area (Å²) in [4.78, 5) is 12.2. The first-order chi connectivity index (χ1) is 11.9. The highest BCUT2D eigenvalue weighted by atomic mass is 32.2. The lowest BCUT2D eigenvalue weighted by Gasteiger charge is -2.21. The normalized spacial score (nSPS) is 13.8. The van der Waals surface area contributed by atoms with Crippen LogP contribution in [0.4, 0.5) is 0 Å². The van der Waals surface area contributed by atoms with Crippen molar-refractivity contribution in [3.05, 3.63) is 29.8 Å². The molecule has 1 atom stereocenters. The lowest BCUT2D eigenvalue weighted by molar-refractivity contribution is -0.120. The number of amides is 1. The van der Waals surface area contributed by atoms with Crippen LogP contribution >= 0.6 is 0 Å². The van der Waals surface area contributed by atoms with E-state index in [2.05, 4.69) is 5.32 Å².